The van der Waals surface area contributed by atoms with E-state index in [9.17, 15) is 0 Å². The maximum atomic E-state index is 3.29. The van der Waals surface area contributed by atoms with Crippen molar-refractivity contribution < 1.29 is 0 Å². The van der Waals surface area contributed by atoms with E-state index >= 15 is 0 Å². The largest absolute Gasteiger partial charge is 0.258 e. The van der Waals surface area contributed by atoms with Gasteiger partial charge >= 0.3 is 0 Å². The Kier molecular flexibility index (Phi) is 4.42. The van der Waals surface area contributed by atoms with Crippen molar-refractivity contribution in [2.24, 2.45) is 11.8 Å². The first-order valence-corrected chi connectivity index (χ1v) is 8.33. The molecule has 2 heteroatoms. The first-order valence-electron chi connectivity index (χ1n) is 8.33. The van der Waals surface area contributed by atoms with Crippen molar-refractivity contribution in [3.8, 4) is 0 Å². The van der Waals surface area contributed by atoms with Gasteiger partial charge in [-0.1, -0.05) is 44.4 Å². The molecule has 0 aromatic heterocycles. The number of hydrazine groups is 1. The van der Waals surface area contributed by atoms with Gasteiger partial charge in [0.15, 0.2) is 0 Å². The van der Waals surface area contributed by atoms with E-state index in [-0.39, 0.29) is 0 Å². The Morgan fingerprint density at radius 2 is 2.05 bits per heavy atom. The lowest BCUT2D eigenvalue weighted by molar-refractivity contribution is 0.189. The Balaban J connectivity index is 1.72. The fraction of sp³-hybridized carbons (Fsp3) is 0.667. The summed E-state index contributed by atoms with van der Waals surface area (Å²) in [6.45, 7) is 4.55. The lowest BCUT2D eigenvalue weighted by atomic mass is 9.86. The van der Waals surface area contributed by atoms with E-state index < -0.39 is 0 Å². The van der Waals surface area contributed by atoms with Gasteiger partial charge in [-0.15, -0.1) is 0 Å². The van der Waals surface area contributed by atoms with E-state index in [1.807, 2.05) is 7.05 Å². The second kappa shape index (κ2) is 6.28. The summed E-state index contributed by atoms with van der Waals surface area (Å²) in [5.41, 5.74) is 7.94. The molecule has 0 spiro atoms. The van der Waals surface area contributed by atoms with Crippen LogP contribution < -0.4 is 5.43 Å². The average Bonchev–Trinajstić information content (AvgIpc) is 2.93. The summed E-state index contributed by atoms with van der Waals surface area (Å²) in [5.74, 6) is 1.90. The zero-order valence-electron chi connectivity index (χ0n) is 13.0. The van der Waals surface area contributed by atoms with Crippen molar-refractivity contribution in [3.63, 3.8) is 0 Å². The van der Waals surface area contributed by atoms with Gasteiger partial charge in [0.2, 0.25) is 0 Å². The van der Waals surface area contributed by atoms with Gasteiger partial charge < -0.3 is 0 Å². The zero-order valence-corrected chi connectivity index (χ0v) is 13.0. The molecular weight excluding hydrogens is 244 g/mol. The molecule has 1 aliphatic heterocycles. The van der Waals surface area contributed by atoms with E-state index in [1.165, 1.54) is 44.1 Å². The summed E-state index contributed by atoms with van der Waals surface area (Å²) in [6, 6.07) is 7.25. The molecule has 1 aromatic carbocycles. The van der Waals surface area contributed by atoms with Crippen LogP contribution in [0, 0.1) is 11.8 Å². The van der Waals surface area contributed by atoms with E-state index in [0.29, 0.717) is 0 Å². The maximum absolute atomic E-state index is 3.29. The molecule has 2 unspecified atom stereocenters. The minimum Gasteiger partial charge on any atom is -0.258 e. The third-order valence-corrected chi connectivity index (χ3v) is 5.44. The molecule has 20 heavy (non-hydrogen) atoms. The number of hydrogen-bond acceptors (Lipinski definition) is 2. The average molecular weight is 272 g/mol. The molecule has 2 aliphatic rings. The fourth-order valence-corrected chi connectivity index (χ4v) is 4.15. The Labute approximate surface area is 123 Å². The SMILES string of the molecule is CCC1CCCC1Cc1ccc2c(c1)CN(NC)CC2. The number of nitrogens with one attached hydrogen (secondary N) is 1. The minimum absolute atomic E-state index is 0.932. The number of nitrogens with zero attached hydrogens (tertiary/aromatic N) is 1. The van der Waals surface area contributed by atoms with Gasteiger partial charge in [-0.05, 0) is 54.8 Å². The molecule has 0 amide bonds. The van der Waals surface area contributed by atoms with Gasteiger partial charge in [0, 0.05) is 13.1 Å². The van der Waals surface area contributed by atoms with Gasteiger partial charge in [-0.3, -0.25) is 5.43 Å². The van der Waals surface area contributed by atoms with Gasteiger partial charge in [0.05, 0.1) is 0 Å². The van der Waals surface area contributed by atoms with Gasteiger partial charge in [-0.2, -0.15) is 0 Å². The van der Waals surface area contributed by atoms with Crippen LogP contribution in [0.3, 0.4) is 0 Å². The molecular formula is C18H28N2. The van der Waals surface area contributed by atoms with Gasteiger partial charge in [0.1, 0.15) is 0 Å². The predicted molar refractivity (Wildman–Crippen MR) is 84.4 cm³/mol. The van der Waals surface area contributed by atoms with Crippen molar-refractivity contribution in [2.75, 3.05) is 13.6 Å². The molecule has 1 saturated carbocycles. The van der Waals surface area contributed by atoms with Crippen LogP contribution in [0.2, 0.25) is 0 Å². The Bertz CT molecular complexity index is 455. The highest BCUT2D eigenvalue weighted by Gasteiger charge is 2.26. The first-order chi connectivity index (χ1) is 9.80. The molecule has 3 rings (SSSR count). The molecule has 2 atom stereocenters. The lowest BCUT2D eigenvalue weighted by Crippen LogP contribution is -2.39. The van der Waals surface area contributed by atoms with Gasteiger partial charge in [-0.25, -0.2) is 5.01 Å². The lowest BCUT2D eigenvalue weighted by Gasteiger charge is -2.28. The quantitative estimate of drug-likeness (QED) is 0.902. The van der Waals surface area contributed by atoms with Crippen molar-refractivity contribution in [1.82, 2.24) is 10.4 Å². The highest BCUT2D eigenvalue weighted by atomic mass is 15.5. The van der Waals surface area contributed by atoms with Crippen molar-refractivity contribution >= 4 is 0 Å². The molecule has 2 nitrogen and oxygen atoms in total. The predicted octanol–water partition coefficient (Wildman–Crippen LogP) is 3.55. The Morgan fingerprint density at radius 1 is 1.20 bits per heavy atom. The van der Waals surface area contributed by atoms with Crippen LogP contribution in [-0.2, 0) is 19.4 Å². The monoisotopic (exact) mass is 272 g/mol. The highest BCUT2D eigenvalue weighted by molar-refractivity contribution is 5.34. The van der Waals surface area contributed by atoms with E-state index in [0.717, 1.165) is 24.9 Å². The Hall–Kier alpha value is -0.860. The topological polar surface area (TPSA) is 15.3 Å². The van der Waals surface area contributed by atoms with Crippen molar-refractivity contribution in [2.45, 2.75) is 52.0 Å². The second-order valence-electron chi connectivity index (χ2n) is 6.56. The summed E-state index contributed by atoms with van der Waals surface area (Å²) in [6.07, 6.45) is 8.19. The normalized spacial score (nSPS) is 26.7. The molecule has 1 N–H and O–H groups in total. The first kappa shape index (κ1) is 14.1. The third kappa shape index (κ3) is 2.91. The van der Waals surface area contributed by atoms with Crippen LogP contribution in [0.4, 0.5) is 0 Å². The summed E-state index contributed by atoms with van der Waals surface area (Å²) < 4.78 is 0. The molecule has 0 bridgehead atoms. The van der Waals surface area contributed by atoms with E-state index in [1.54, 1.807) is 11.1 Å². The van der Waals surface area contributed by atoms with Crippen LogP contribution in [0.15, 0.2) is 18.2 Å². The van der Waals surface area contributed by atoms with Crippen LogP contribution in [-0.4, -0.2) is 18.6 Å². The molecule has 110 valence electrons. The number of hydrogen-bond donors (Lipinski definition) is 1. The third-order valence-electron chi connectivity index (χ3n) is 5.44. The molecule has 0 saturated heterocycles. The van der Waals surface area contributed by atoms with Crippen LogP contribution in [0.25, 0.3) is 0 Å². The van der Waals surface area contributed by atoms with Crippen molar-refractivity contribution in [1.29, 1.82) is 0 Å². The standard InChI is InChI=1S/C18H28N2/c1-3-15-5-4-6-17(15)11-14-7-8-16-9-10-20(19-2)13-18(16)12-14/h7-8,12,15,17,19H,3-6,9-11,13H2,1-2H3. The summed E-state index contributed by atoms with van der Waals surface area (Å²) in [5, 5.41) is 2.32. The smallest absolute Gasteiger partial charge is 0.0384 e. The number of benzene rings is 1. The van der Waals surface area contributed by atoms with E-state index in [4.69, 9.17) is 0 Å². The van der Waals surface area contributed by atoms with Crippen LogP contribution in [0.1, 0.15) is 49.3 Å². The molecule has 1 heterocycles. The Morgan fingerprint density at radius 3 is 2.85 bits per heavy atom. The molecule has 1 fully saturated rings. The number of rotatable bonds is 4. The molecule has 1 aliphatic carbocycles. The summed E-state index contributed by atoms with van der Waals surface area (Å²) >= 11 is 0. The summed E-state index contributed by atoms with van der Waals surface area (Å²) in [7, 11) is 2.03. The summed E-state index contributed by atoms with van der Waals surface area (Å²) in [4.78, 5) is 0. The second-order valence-corrected chi connectivity index (χ2v) is 6.56. The van der Waals surface area contributed by atoms with E-state index in [2.05, 4.69) is 35.6 Å². The fourth-order valence-electron chi connectivity index (χ4n) is 4.15. The van der Waals surface area contributed by atoms with Crippen LogP contribution in [0.5, 0.6) is 0 Å². The molecule has 1 aromatic rings. The van der Waals surface area contributed by atoms with Crippen LogP contribution >= 0.6 is 0 Å². The molecule has 0 radical (unpaired) electrons. The minimum atomic E-state index is 0.932. The van der Waals surface area contributed by atoms with Crippen molar-refractivity contribution in [3.05, 3.63) is 34.9 Å². The zero-order chi connectivity index (χ0) is 13.9. The maximum Gasteiger partial charge on any atom is 0.0384 e. The van der Waals surface area contributed by atoms with Gasteiger partial charge in [0.25, 0.3) is 0 Å². The highest BCUT2D eigenvalue weighted by Crippen LogP contribution is 2.36. The number of fused-ring (bicyclic) bond motifs is 1.